The zero-order valence-electron chi connectivity index (χ0n) is 12.5. The largest absolute Gasteiger partial charge is 0.465 e. The molecular weight excluding hydrogens is 290 g/mol. The maximum absolute atomic E-state index is 12.2. The summed E-state index contributed by atoms with van der Waals surface area (Å²) in [6.45, 7) is 3.95. The Bertz CT molecular complexity index is 569. The van der Waals surface area contributed by atoms with Crippen LogP contribution in [0.5, 0.6) is 0 Å². The number of nitrogens with two attached hydrogens (primary N) is 1. The molecule has 1 aromatic carbocycles. The summed E-state index contributed by atoms with van der Waals surface area (Å²) in [4.78, 5) is 11.8. The molecule has 0 aromatic heterocycles. The van der Waals surface area contributed by atoms with Gasteiger partial charge in [-0.15, -0.1) is 0 Å². The van der Waals surface area contributed by atoms with Crippen LogP contribution in [0.2, 0.25) is 0 Å². The molecule has 0 saturated carbocycles. The van der Waals surface area contributed by atoms with Gasteiger partial charge in [-0.1, -0.05) is 37.6 Å². The molecule has 5 nitrogen and oxygen atoms in total. The number of unbranched alkanes of at least 4 members (excludes halogenated alkanes) is 1. The quantitative estimate of drug-likeness (QED) is 0.584. The Morgan fingerprint density at radius 2 is 2.00 bits per heavy atom. The van der Waals surface area contributed by atoms with E-state index in [0.717, 1.165) is 18.4 Å². The van der Waals surface area contributed by atoms with Gasteiger partial charge in [0, 0.05) is 6.54 Å². The summed E-state index contributed by atoms with van der Waals surface area (Å²) in [5.41, 5.74) is 7.03. The molecule has 1 atom stereocenters. The SMILES string of the molecule is CCCCOC(=O)C(C)S(=O)(=O)Cc1cccc(CN)c1. The monoisotopic (exact) mass is 313 g/mol. The molecule has 0 heterocycles. The Labute approximate surface area is 126 Å². The van der Waals surface area contributed by atoms with Crippen LogP contribution in [0.3, 0.4) is 0 Å². The van der Waals surface area contributed by atoms with Gasteiger partial charge in [-0.25, -0.2) is 8.42 Å². The number of sulfone groups is 1. The molecule has 0 radical (unpaired) electrons. The molecule has 6 heteroatoms. The van der Waals surface area contributed by atoms with Gasteiger partial charge in [0.15, 0.2) is 15.1 Å². The minimum absolute atomic E-state index is 0.190. The van der Waals surface area contributed by atoms with Crippen molar-refractivity contribution < 1.29 is 17.9 Å². The van der Waals surface area contributed by atoms with Crippen molar-refractivity contribution in [1.29, 1.82) is 0 Å². The van der Waals surface area contributed by atoms with E-state index in [0.29, 0.717) is 12.1 Å². The summed E-state index contributed by atoms with van der Waals surface area (Å²) in [5, 5.41) is -1.16. The van der Waals surface area contributed by atoms with Crippen molar-refractivity contribution in [3.05, 3.63) is 35.4 Å². The van der Waals surface area contributed by atoms with Gasteiger partial charge in [-0.05, 0) is 24.5 Å². The van der Waals surface area contributed by atoms with Crippen LogP contribution in [0.1, 0.15) is 37.8 Å². The standard InChI is InChI=1S/C15H23NO4S/c1-3-4-8-20-15(17)12(2)21(18,19)11-14-7-5-6-13(9-14)10-16/h5-7,9,12H,3-4,8,10-11,16H2,1-2H3. The van der Waals surface area contributed by atoms with E-state index < -0.39 is 21.1 Å². The van der Waals surface area contributed by atoms with Gasteiger partial charge in [-0.3, -0.25) is 4.79 Å². The lowest BCUT2D eigenvalue weighted by molar-refractivity contribution is -0.142. The van der Waals surface area contributed by atoms with Crippen LogP contribution < -0.4 is 5.73 Å². The molecule has 1 aromatic rings. The van der Waals surface area contributed by atoms with E-state index in [1.165, 1.54) is 6.92 Å². The molecule has 1 rings (SSSR count). The second-order valence-electron chi connectivity index (χ2n) is 4.99. The number of benzene rings is 1. The molecule has 0 aliphatic rings. The van der Waals surface area contributed by atoms with Crippen molar-refractivity contribution in [3.8, 4) is 0 Å². The Morgan fingerprint density at radius 1 is 1.33 bits per heavy atom. The van der Waals surface area contributed by atoms with E-state index in [-0.39, 0.29) is 12.4 Å². The lowest BCUT2D eigenvalue weighted by atomic mass is 10.1. The van der Waals surface area contributed by atoms with Gasteiger partial charge in [0.25, 0.3) is 0 Å². The number of carbonyl (C=O) groups excluding carboxylic acids is 1. The molecule has 0 fully saturated rings. The number of ether oxygens (including phenoxy) is 1. The topological polar surface area (TPSA) is 86.5 Å². The number of hydrogen-bond donors (Lipinski definition) is 1. The van der Waals surface area contributed by atoms with Crippen molar-refractivity contribution in [2.45, 2.75) is 44.2 Å². The molecule has 0 spiro atoms. The maximum atomic E-state index is 12.2. The average molecular weight is 313 g/mol. The van der Waals surface area contributed by atoms with Crippen molar-refractivity contribution in [2.24, 2.45) is 5.73 Å². The van der Waals surface area contributed by atoms with E-state index in [2.05, 4.69) is 0 Å². The van der Waals surface area contributed by atoms with Crippen molar-refractivity contribution in [2.75, 3.05) is 6.61 Å². The van der Waals surface area contributed by atoms with Crippen LogP contribution in [0, 0.1) is 0 Å². The van der Waals surface area contributed by atoms with Gasteiger partial charge < -0.3 is 10.5 Å². The van der Waals surface area contributed by atoms with E-state index in [1.54, 1.807) is 18.2 Å². The normalized spacial score (nSPS) is 12.9. The molecule has 2 N–H and O–H groups in total. The highest BCUT2D eigenvalue weighted by atomic mass is 32.2. The van der Waals surface area contributed by atoms with Crippen molar-refractivity contribution >= 4 is 15.8 Å². The molecule has 0 amide bonds. The van der Waals surface area contributed by atoms with Gasteiger partial charge in [0.1, 0.15) is 0 Å². The van der Waals surface area contributed by atoms with Crippen LogP contribution in [-0.2, 0) is 31.7 Å². The van der Waals surface area contributed by atoms with Crippen LogP contribution in [0.25, 0.3) is 0 Å². The Kier molecular flexibility index (Phi) is 6.84. The molecule has 118 valence electrons. The average Bonchev–Trinajstić information content (AvgIpc) is 2.46. The first-order valence-corrected chi connectivity index (χ1v) is 8.78. The molecule has 0 saturated heterocycles. The van der Waals surface area contributed by atoms with Crippen LogP contribution in [-0.4, -0.2) is 26.2 Å². The van der Waals surface area contributed by atoms with Gasteiger partial charge in [-0.2, -0.15) is 0 Å². The van der Waals surface area contributed by atoms with Crippen LogP contribution in [0.4, 0.5) is 0 Å². The van der Waals surface area contributed by atoms with Gasteiger partial charge >= 0.3 is 5.97 Å². The first-order valence-electron chi connectivity index (χ1n) is 7.06. The minimum atomic E-state index is -3.59. The fourth-order valence-corrected chi connectivity index (χ4v) is 3.04. The number of esters is 1. The van der Waals surface area contributed by atoms with E-state index in [9.17, 15) is 13.2 Å². The Balaban J connectivity index is 2.73. The second kappa shape index (κ2) is 8.14. The highest BCUT2D eigenvalue weighted by Crippen LogP contribution is 2.14. The van der Waals surface area contributed by atoms with E-state index >= 15 is 0 Å². The predicted octanol–water partition coefficient (Wildman–Crippen LogP) is 1.79. The second-order valence-corrected chi connectivity index (χ2v) is 7.32. The van der Waals surface area contributed by atoms with Crippen molar-refractivity contribution in [1.82, 2.24) is 0 Å². The summed E-state index contributed by atoms with van der Waals surface area (Å²) in [7, 11) is -3.59. The molecule has 0 aliphatic heterocycles. The third kappa shape index (κ3) is 5.47. The fraction of sp³-hybridized carbons (Fsp3) is 0.533. The molecule has 1 unspecified atom stereocenters. The number of rotatable bonds is 8. The van der Waals surface area contributed by atoms with Gasteiger partial charge in [0.2, 0.25) is 0 Å². The smallest absolute Gasteiger partial charge is 0.324 e. The van der Waals surface area contributed by atoms with Crippen molar-refractivity contribution in [3.63, 3.8) is 0 Å². The summed E-state index contributed by atoms with van der Waals surface area (Å²) in [5.74, 6) is -0.872. The fourth-order valence-electron chi connectivity index (χ4n) is 1.78. The first kappa shape index (κ1) is 17.7. The lowest BCUT2D eigenvalue weighted by Crippen LogP contribution is -2.30. The third-order valence-electron chi connectivity index (χ3n) is 3.21. The minimum Gasteiger partial charge on any atom is -0.465 e. The molecular formula is C15H23NO4S. The van der Waals surface area contributed by atoms with Gasteiger partial charge in [0.05, 0.1) is 12.4 Å². The zero-order valence-corrected chi connectivity index (χ0v) is 13.4. The maximum Gasteiger partial charge on any atom is 0.324 e. The number of hydrogen-bond acceptors (Lipinski definition) is 5. The molecule has 0 bridgehead atoms. The van der Waals surface area contributed by atoms with E-state index in [1.807, 2.05) is 13.0 Å². The van der Waals surface area contributed by atoms with Crippen LogP contribution >= 0.6 is 0 Å². The summed E-state index contributed by atoms with van der Waals surface area (Å²) in [6.07, 6.45) is 1.62. The van der Waals surface area contributed by atoms with E-state index in [4.69, 9.17) is 10.5 Å². The number of carbonyl (C=O) groups is 1. The first-order chi connectivity index (χ1) is 9.90. The predicted molar refractivity (Wildman–Crippen MR) is 82.3 cm³/mol. The summed E-state index contributed by atoms with van der Waals surface area (Å²) >= 11 is 0. The third-order valence-corrected chi connectivity index (χ3v) is 5.21. The summed E-state index contributed by atoms with van der Waals surface area (Å²) < 4.78 is 29.5. The molecule has 0 aliphatic carbocycles. The lowest BCUT2D eigenvalue weighted by Gasteiger charge is -2.13. The summed E-state index contributed by atoms with van der Waals surface area (Å²) in [6, 6.07) is 7.05. The Hall–Kier alpha value is -1.40. The molecule has 21 heavy (non-hydrogen) atoms. The highest BCUT2D eigenvalue weighted by molar-refractivity contribution is 7.92. The zero-order chi connectivity index (χ0) is 15.9. The Morgan fingerprint density at radius 3 is 2.62 bits per heavy atom. The van der Waals surface area contributed by atoms with Crippen LogP contribution in [0.15, 0.2) is 24.3 Å². The highest BCUT2D eigenvalue weighted by Gasteiger charge is 2.29.